The molecule has 0 saturated heterocycles. The third kappa shape index (κ3) is 10.5. The summed E-state index contributed by atoms with van der Waals surface area (Å²) in [5.74, 6) is 0. The molecule has 2 heteroatoms. The lowest BCUT2D eigenvalue weighted by Gasteiger charge is -2.33. The number of aliphatic hydroxyl groups excluding tert-OH is 1. The fourth-order valence-electron chi connectivity index (χ4n) is 6.74. The first-order valence-electron chi connectivity index (χ1n) is 16.7. The topological polar surface area (TPSA) is 23.5 Å². The first-order chi connectivity index (χ1) is 20.8. The SMILES string of the molecule is CC(C=CC1=C(C)CCCC1(C)C)=CC=CC(C)=CC1=CC(C=CC=C(C)C=CC2=C(C)CCCC2(C)C)=CCN1CCO. The number of nitrogens with zero attached hydrogens (tertiary/aromatic N) is 1. The van der Waals surface area contributed by atoms with E-state index in [-0.39, 0.29) is 17.4 Å². The van der Waals surface area contributed by atoms with Crippen LogP contribution in [0.15, 0.2) is 129 Å². The van der Waals surface area contributed by atoms with Crippen molar-refractivity contribution in [1.82, 2.24) is 4.90 Å². The maximum Gasteiger partial charge on any atom is 0.0606 e. The molecule has 0 aromatic heterocycles. The molecule has 1 N–H and O–H groups in total. The molecule has 0 unspecified atom stereocenters. The van der Waals surface area contributed by atoms with Gasteiger partial charge in [0.25, 0.3) is 0 Å². The molecule has 44 heavy (non-hydrogen) atoms. The molecule has 238 valence electrons. The third-order valence-electron chi connectivity index (χ3n) is 9.45. The summed E-state index contributed by atoms with van der Waals surface area (Å²) in [6.07, 6.45) is 36.4. The molecule has 0 atom stereocenters. The molecule has 2 aliphatic carbocycles. The fourth-order valence-corrected chi connectivity index (χ4v) is 6.74. The molecule has 0 bridgehead atoms. The first kappa shape index (κ1) is 35.4. The predicted molar refractivity (Wildman–Crippen MR) is 193 cm³/mol. The highest BCUT2D eigenvalue weighted by molar-refractivity contribution is 5.44. The number of hydrogen-bond donors (Lipinski definition) is 1. The van der Waals surface area contributed by atoms with Gasteiger partial charge in [-0.3, -0.25) is 0 Å². The van der Waals surface area contributed by atoms with E-state index < -0.39 is 0 Å². The minimum absolute atomic E-state index is 0.140. The molecule has 1 aliphatic heterocycles. The van der Waals surface area contributed by atoms with E-state index in [0.717, 1.165) is 12.2 Å². The van der Waals surface area contributed by atoms with Gasteiger partial charge < -0.3 is 10.0 Å². The van der Waals surface area contributed by atoms with Crippen molar-refractivity contribution in [2.75, 3.05) is 19.7 Å². The second-order valence-electron chi connectivity index (χ2n) is 14.4. The second kappa shape index (κ2) is 16.3. The van der Waals surface area contributed by atoms with Crippen molar-refractivity contribution in [3.8, 4) is 0 Å². The van der Waals surface area contributed by atoms with E-state index in [9.17, 15) is 5.11 Å². The van der Waals surface area contributed by atoms with Gasteiger partial charge in [0.15, 0.2) is 0 Å². The third-order valence-corrected chi connectivity index (χ3v) is 9.45. The Morgan fingerprint density at radius 2 is 1.32 bits per heavy atom. The molecule has 2 nitrogen and oxygen atoms in total. The number of aliphatic hydroxyl groups is 1. The number of β-amino-alcohol motifs (C(OH)–C–C–N with tert-alkyl or cyclic N) is 1. The van der Waals surface area contributed by atoms with Crippen molar-refractivity contribution in [2.45, 2.75) is 101 Å². The van der Waals surface area contributed by atoms with Crippen molar-refractivity contribution in [2.24, 2.45) is 10.8 Å². The number of rotatable bonds is 11. The first-order valence-corrected chi connectivity index (χ1v) is 16.7. The van der Waals surface area contributed by atoms with Gasteiger partial charge in [0.2, 0.25) is 0 Å². The zero-order valence-corrected chi connectivity index (χ0v) is 29.3. The van der Waals surface area contributed by atoms with Crippen LogP contribution in [0.3, 0.4) is 0 Å². The van der Waals surface area contributed by atoms with Crippen LogP contribution in [0, 0.1) is 10.8 Å². The van der Waals surface area contributed by atoms with E-state index in [0.29, 0.717) is 6.54 Å². The van der Waals surface area contributed by atoms with Crippen molar-refractivity contribution in [3.05, 3.63) is 129 Å². The Kier molecular flexibility index (Phi) is 13.1. The van der Waals surface area contributed by atoms with E-state index in [2.05, 4.69) is 146 Å². The molecule has 0 radical (unpaired) electrons. The van der Waals surface area contributed by atoms with E-state index in [1.165, 1.54) is 83.1 Å². The van der Waals surface area contributed by atoms with Crippen molar-refractivity contribution >= 4 is 0 Å². The van der Waals surface area contributed by atoms with Crippen LogP contribution in [-0.2, 0) is 0 Å². The van der Waals surface area contributed by atoms with Crippen LogP contribution < -0.4 is 0 Å². The Hall–Kier alpha value is -3.10. The lowest BCUT2D eigenvalue weighted by Crippen LogP contribution is -2.28. The van der Waals surface area contributed by atoms with E-state index in [4.69, 9.17) is 0 Å². The van der Waals surface area contributed by atoms with Crippen molar-refractivity contribution in [3.63, 3.8) is 0 Å². The van der Waals surface area contributed by atoms with Crippen LogP contribution in [-0.4, -0.2) is 29.7 Å². The summed E-state index contributed by atoms with van der Waals surface area (Å²) in [5.41, 5.74) is 12.6. The van der Waals surface area contributed by atoms with Gasteiger partial charge >= 0.3 is 0 Å². The van der Waals surface area contributed by atoms with E-state index in [1.807, 2.05) is 0 Å². The summed E-state index contributed by atoms with van der Waals surface area (Å²) < 4.78 is 0. The Morgan fingerprint density at radius 3 is 1.84 bits per heavy atom. The standard InChI is InChI=1S/C42H59NO/c1-32(20-22-39-35(4)17-12-25-41(39,6)7)14-10-16-34(3)30-38-31-37(24-27-43(38)28-29-44)19-11-15-33(2)21-23-40-36(5)18-13-26-42(40,8)9/h10-11,14-16,19-24,30-31,44H,12-13,17-18,25-29H2,1-9H3. The zero-order chi connectivity index (χ0) is 32.3. The Morgan fingerprint density at radius 1 is 0.773 bits per heavy atom. The Labute approximate surface area is 270 Å². The van der Waals surface area contributed by atoms with Gasteiger partial charge in [-0.1, -0.05) is 117 Å². The number of hydrogen-bond acceptors (Lipinski definition) is 2. The van der Waals surface area contributed by atoms with Crippen LogP contribution in [0.25, 0.3) is 0 Å². The predicted octanol–water partition coefficient (Wildman–Crippen LogP) is 11.2. The monoisotopic (exact) mass is 593 g/mol. The summed E-state index contributed by atoms with van der Waals surface area (Å²) >= 11 is 0. The molecule has 3 rings (SSSR count). The fraction of sp³-hybridized carbons (Fsp3) is 0.476. The van der Waals surface area contributed by atoms with E-state index in [1.54, 1.807) is 0 Å². The molecule has 0 aromatic carbocycles. The van der Waals surface area contributed by atoms with Crippen molar-refractivity contribution in [1.29, 1.82) is 0 Å². The molecular weight excluding hydrogens is 534 g/mol. The highest BCUT2D eigenvalue weighted by Crippen LogP contribution is 2.41. The van der Waals surface area contributed by atoms with Crippen LogP contribution in [0.5, 0.6) is 0 Å². The maximum atomic E-state index is 9.66. The summed E-state index contributed by atoms with van der Waals surface area (Å²) in [6, 6.07) is 0. The molecular formula is C42H59NO. The van der Waals surface area contributed by atoms with Gasteiger partial charge in [0.1, 0.15) is 0 Å². The van der Waals surface area contributed by atoms with Crippen LogP contribution in [0.1, 0.15) is 101 Å². The highest BCUT2D eigenvalue weighted by Gasteiger charge is 2.27. The quantitative estimate of drug-likeness (QED) is 0.241. The number of allylic oxidation sites excluding steroid dienone is 20. The molecule has 0 aromatic rings. The molecule has 1 heterocycles. The van der Waals surface area contributed by atoms with Crippen LogP contribution >= 0.6 is 0 Å². The van der Waals surface area contributed by atoms with Crippen LogP contribution in [0.2, 0.25) is 0 Å². The Balaban J connectivity index is 1.68. The second-order valence-corrected chi connectivity index (χ2v) is 14.4. The van der Waals surface area contributed by atoms with E-state index >= 15 is 0 Å². The van der Waals surface area contributed by atoms with Gasteiger partial charge in [-0.25, -0.2) is 0 Å². The Bertz CT molecular complexity index is 1370. The molecule has 0 spiro atoms. The smallest absolute Gasteiger partial charge is 0.0606 e. The van der Waals surface area contributed by atoms with Gasteiger partial charge in [0, 0.05) is 18.8 Å². The van der Waals surface area contributed by atoms with Crippen LogP contribution in [0.4, 0.5) is 0 Å². The lowest BCUT2D eigenvalue weighted by atomic mass is 9.72. The van der Waals surface area contributed by atoms with Gasteiger partial charge in [-0.2, -0.15) is 0 Å². The zero-order valence-electron chi connectivity index (χ0n) is 29.3. The summed E-state index contributed by atoms with van der Waals surface area (Å²) in [6.45, 7) is 22.1. The minimum Gasteiger partial charge on any atom is -0.395 e. The molecule has 0 fully saturated rings. The minimum atomic E-state index is 0.140. The lowest BCUT2D eigenvalue weighted by molar-refractivity contribution is 0.238. The highest BCUT2D eigenvalue weighted by atomic mass is 16.3. The largest absolute Gasteiger partial charge is 0.395 e. The summed E-state index contributed by atoms with van der Waals surface area (Å²) in [4.78, 5) is 2.23. The molecule has 3 aliphatic rings. The average Bonchev–Trinajstić information content (AvgIpc) is 2.93. The van der Waals surface area contributed by atoms with Gasteiger partial charge in [-0.05, 0) is 118 Å². The summed E-state index contributed by atoms with van der Waals surface area (Å²) in [5, 5.41) is 9.66. The average molecular weight is 594 g/mol. The van der Waals surface area contributed by atoms with Gasteiger partial charge in [0.05, 0.1) is 6.61 Å². The molecule has 0 saturated carbocycles. The maximum absolute atomic E-state index is 9.66. The molecule has 0 amide bonds. The van der Waals surface area contributed by atoms with Crippen molar-refractivity contribution < 1.29 is 5.11 Å². The van der Waals surface area contributed by atoms with Gasteiger partial charge in [-0.15, -0.1) is 0 Å². The normalized spacial score (nSPS) is 22.3. The summed E-state index contributed by atoms with van der Waals surface area (Å²) in [7, 11) is 0.